The van der Waals surface area contributed by atoms with Gasteiger partial charge in [-0.2, -0.15) is 0 Å². The summed E-state index contributed by atoms with van der Waals surface area (Å²) in [6.45, 7) is 1.76. The van der Waals surface area contributed by atoms with Gasteiger partial charge in [-0.15, -0.1) is 0 Å². The van der Waals surface area contributed by atoms with Crippen molar-refractivity contribution in [2.75, 3.05) is 14.2 Å². The summed E-state index contributed by atoms with van der Waals surface area (Å²) in [5.74, 6) is 0.799. The molecule has 2 N–H and O–H groups in total. The quantitative estimate of drug-likeness (QED) is 0.761. The lowest BCUT2D eigenvalue weighted by molar-refractivity contribution is 0.148. The number of benzene rings is 1. The van der Waals surface area contributed by atoms with Crippen LogP contribution in [0.1, 0.15) is 18.5 Å². The van der Waals surface area contributed by atoms with Crippen LogP contribution in [0.3, 0.4) is 0 Å². The molecule has 0 bridgehead atoms. The van der Waals surface area contributed by atoms with E-state index in [9.17, 15) is 5.11 Å². The molecule has 3 heteroatoms. The minimum atomic E-state index is -0.448. The van der Waals surface area contributed by atoms with Gasteiger partial charge in [0, 0.05) is 5.56 Å². The van der Waals surface area contributed by atoms with Crippen molar-refractivity contribution in [3.05, 3.63) is 29.8 Å². The molecular weight excluding hydrogens is 178 g/mol. The number of rotatable bonds is 4. The fourth-order valence-corrected chi connectivity index (χ4v) is 1.58. The van der Waals surface area contributed by atoms with E-state index in [-0.39, 0.29) is 6.04 Å². The molecule has 1 aromatic carbocycles. The van der Waals surface area contributed by atoms with Gasteiger partial charge in [-0.3, -0.25) is 0 Å². The molecule has 0 saturated heterocycles. The van der Waals surface area contributed by atoms with Gasteiger partial charge >= 0.3 is 0 Å². The second-order valence-corrected chi connectivity index (χ2v) is 3.25. The molecule has 1 aromatic rings. The molecule has 0 spiro atoms. The highest BCUT2D eigenvalue weighted by Crippen LogP contribution is 2.26. The molecule has 3 nitrogen and oxygen atoms in total. The Labute approximate surface area is 84.7 Å². The third-order valence-corrected chi connectivity index (χ3v) is 2.27. The predicted octanol–water partition coefficient (Wildman–Crippen LogP) is 1.34. The van der Waals surface area contributed by atoms with Crippen LogP contribution in [0.25, 0.3) is 0 Å². The molecule has 0 amide bonds. The monoisotopic (exact) mass is 195 g/mol. The van der Waals surface area contributed by atoms with Crippen molar-refractivity contribution in [2.45, 2.75) is 19.1 Å². The number of ether oxygens (including phenoxy) is 1. The van der Waals surface area contributed by atoms with Crippen molar-refractivity contribution in [1.29, 1.82) is 0 Å². The molecular formula is C11H17NO2. The Morgan fingerprint density at radius 2 is 2.00 bits per heavy atom. The largest absolute Gasteiger partial charge is 0.496 e. The van der Waals surface area contributed by atoms with Crippen molar-refractivity contribution in [3.8, 4) is 5.75 Å². The zero-order valence-electron chi connectivity index (χ0n) is 8.82. The molecule has 0 heterocycles. The molecule has 2 unspecified atom stereocenters. The third-order valence-electron chi connectivity index (χ3n) is 2.27. The summed E-state index contributed by atoms with van der Waals surface area (Å²) < 4.78 is 5.23. The van der Waals surface area contributed by atoms with E-state index in [1.54, 1.807) is 14.0 Å². The van der Waals surface area contributed by atoms with Crippen LogP contribution in [0.5, 0.6) is 5.75 Å². The van der Waals surface area contributed by atoms with E-state index in [2.05, 4.69) is 5.32 Å². The van der Waals surface area contributed by atoms with E-state index in [1.165, 1.54) is 0 Å². The van der Waals surface area contributed by atoms with Gasteiger partial charge in [0.2, 0.25) is 0 Å². The summed E-state index contributed by atoms with van der Waals surface area (Å²) in [6.07, 6.45) is -0.448. The Morgan fingerprint density at radius 1 is 1.36 bits per heavy atom. The second kappa shape index (κ2) is 4.98. The van der Waals surface area contributed by atoms with E-state index < -0.39 is 6.10 Å². The zero-order valence-corrected chi connectivity index (χ0v) is 8.82. The SMILES string of the molecule is CNC(c1ccccc1OC)C(C)O. The molecule has 0 fully saturated rings. The minimum Gasteiger partial charge on any atom is -0.496 e. The van der Waals surface area contributed by atoms with Crippen LogP contribution in [0.4, 0.5) is 0 Å². The summed E-state index contributed by atoms with van der Waals surface area (Å²) in [5, 5.41) is 12.6. The number of aliphatic hydroxyl groups excluding tert-OH is 1. The summed E-state index contributed by atoms with van der Waals surface area (Å²) in [7, 11) is 3.46. The summed E-state index contributed by atoms with van der Waals surface area (Å²) in [4.78, 5) is 0. The van der Waals surface area contributed by atoms with Crippen molar-refractivity contribution >= 4 is 0 Å². The lowest BCUT2D eigenvalue weighted by Crippen LogP contribution is -2.27. The summed E-state index contributed by atoms with van der Waals surface area (Å²) in [5.41, 5.74) is 0.979. The molecule has 0 aliphatic heterocycles. The molecule has 0 aliphatic carbocycles. The highest BCUT2D eigenvalue weighted by molar-refractivity contribution is 5.36. The fraction of sp³-hybridized carbons (Fsp3) is 0.455. The molecule has 0 aliphatic rings. The molecule has 1 rings (SSSR count). The second-order valence-electron chi connectivity index (χ2n) is 3.25. The van der Waals surface area contributed by atoms with Crippen LogP contribution >= 0.6 is 0 Å². The fourth-order valence-electron chi connectivity index (χ4n) is 1.58. The van der Waals surface area contributed by atoms with Crippen molar-refractivity contribution in [3.63, 3.8) is 0 Å². The highest BCUT2D eigenvalue weighted by atomic mass is 16.5. The normalized spacial score (nSPS) is 14.9. The Kier molecular flexibility index (Phi) is 3.92. The average Bonchev–Trinajstić information content (AvgIpc) is 2.19. The first kappa shape index (κ1) is 11.0. The van der Waals surface area contributed by atoms with Crippen LogP contribution in [-0.2, 0) is 0 Å². The smallest absolute Gasteiger partial charge is 0.123 e. The average molecular weight is 195 g/mol. The van der Waals surface area contributed by atoms with Gasteiger partial charge in [-0.05, 0) is 20.0 Å². The standard InChI is InChI=1S/C11H17NO2/c1-8(13)11(12-2)9-6-4-5-7-10(9)14-3/h4-8,11-13H,1-3H3. The molecule has 0 radical (unpaired) electrons. The Bertz CT molecular complexity index is 286. The van der Waals surface area contributed by atoms with Crippen LogP contribution < -0.4 is 10.1 Å². The van der Waals surface area contributed by atoms with Gasteiger partial charge in [0.15, 0.2) is 0 Å². The third kappa shape index (κ3) is 2.25. The van der Waals surface area contributed by atoms with Gasteiger partial charge in [0.05, 0.1) is 19.3 Å². The Balaban J connectivity index is 3.02. The first-order valence-electron chi connectivity index (χ1n) is 4.69. The maximum absolute atomic E-state index is 9.57. The Hall–Kier alpha value is -1.06. The topological polar surface area (TPSA) is 41.5 Å². The number of aliphatic hydroxyl groups is 1. The molecule has 14 heavy (non-hydrogen) atoms. The minimum absolute atomic E-state index is 0.0915. The number of para-hydroxylation sites is 1. The molecule has 78 valence electrons. The van der Waals surface area contributed by atoms with Crippen LogP contribution in [0, 0.1) is 0 Å². The number of hydrogen-bond acceptors (Lipinski definition) is 3. The lowest BCUT2D eigenvalue weighted by Gasteiger charge is -2.21. The summed E-state index contributed by atoms with van der Waals surface area (Å²) in [6, 6.07) is 7.60. The van der Waals surface area contributed by atoms with Gasteiger partial charge in [0.1, 0.15) is 5.75 Å². The number of hydrogen-bond donors (Lipinski definition) is 2. The van der Waals surface area contributed by atoms with Gasteiger partial charge in [0.25, 0.3) is 0 Å². The van der Waals surface area contributed by atoms with E-state index >= 15 is 0 Å². The number of methoxy groups -OCH3 is 1. The maximum Gasteiger partial charge on any atom is 0.123 e. The molecule has 0 aromatic heterocycles. The van der Waals surface area contributed by atoms with Crippen molar-refractivity contribution in [1.82, 2.24) is 5.32 Å². The summed E-state index contributed by atoms with van der Waals surface area (Å²) >= 11 is 0. The highest BCUT2D eigenvalue weighted by Gasteiger charge is 2.18. The Morgan fingerprint density at radius 3 is 2.50 bits per heavy atom. The first-order chi connectivity index (χ1) is 6.70. The van der Waals surface area contributed by atoms with E-state index in [0.717, 1.165) is 11.3 Å². The van der Waals surface area contributed by atoms with Crippen molar-refractivity contribution in [2.24, 2.45) is 0 Å². The molecule has 2 atom stereocenters. The van der Waals surface area contributed by atoms with Gasteiger partial charge in [-0.1, -0.05) is 18.2 Å². The van der Waals surface area contributed by atoms with Crippen LogP contribution in [0.15, 0.2) is 24.3 Å². The zero-order chi connectivity index (χ0) is 10.6. The van der Waals surface area contributed by atoms with E-state index in [0.29, 0.717) is 0 Å². The predicted molar refractivity (Wildman–Crippen MR) is 56.5 cm³/mol. The van der Waals surface area contributed by atoms with E-state index in [1.807, 2.05) is 31.3 Å². The van der Waals surface area contributed by atoms with Gasteiger partial charge in [-0.25, -0.2) is 0 Å². The van der Waals surface area contributed by atoms with E-state index in [4.69, 9.17) is 4.74 Å². The number of likely N-dealkylation sites (N-methyl/N-ethyl adjacent to an activating group) is 1. The first-order valence-corrected chi connectivity index (χ1v) is 4.69. The maximum atomic E-state index is 9.57. The van der Waals surface area contributed by atoms with Gasteiger partial charge < -0.3 is 15.2 Å². The lowest BCUT2D eigenvalue weighted by atomic mass is 10.0. The van der Waals surface area contributed by atoms with Crippen molar-refractivity contribution < 1.29 is 9.84 Å². The molecule has 0 saturated carbocycles. The van der Waals surface area contributed by atoms with Crippen LogP contribution in [0.2, 0.25) is 0 Å². The van der Waals surface area contributed by atoms with Crippen LogP contribution in [-0.4, -0.2) is 25.4 Å². The number of nitrogens with one attached hydrogen (secondary N) is 1.